The first-order valence-corrected chi connectivity index (χ1v) is 6.57. The number of phenols is 2. The minimum Gasteiger partial charge on any atom is -0.508 e. The van der Waals surface area contributed by atoms with Gasteiger partial charge in [0.15, 0.2) is 0 Å². The van der Waals surface area contributed by atoms with Crippen LogP contribution in [0.3, 0.4) is 0 Å². The molecule has 0 saturated carbocycles. The van der Waals surface area contributed by atoms with Gasteiger partial charge in [-0.1, -0.05) is 6.92 Å². The highest BCUT2D eigenvalue weighted by Crippen LogP contribution is 2.40. The predicted molar refractivity (Wildman–Crippen MR) is 73.5 cm³/mol. The standard InChI is InChI=1S/C12H15N3O3S/c1-6(11(13)18)12-15(14)9(5-19-12)8-3-2-7(16)4-10(8)17/h2-6,12,16-17H,14H2,1H3,(H2,13,18). The molecule has 1 aromatic rings. The van der Waals surface area contributed by atoms with E-state index in [-0.39, 0.29) is 16.9 Å². The third-order valence-corrected chi connectivity index (χ3v) is 4.28. The van der Waals surface area contributed by atoms with Crippen molar-refractivity contribution in [1.29, 1.82) is 0 Å². The first kappa shape index (κ1) is 13.6. The van der Waals surface area contributed by atoms with Crippen LogP contribution in [0.25, 0.3) is 5.70 Å². The Balaban J connectivity index is 2.26. The average molecular weight is 281 g/mol. The second-order valence-electron chi connectivity index (χ2n) is 4.33. The zero-order chi connectivity index (χ0) is 14.2. The van der Waals surface area contributed by atoms with Crippen LogP contribution >= 0.6 is 11.8 Å². The highest BCUT2D eigenvalue weighted by Gasteiger charge is 2.33. The summed E-state index contributed by atoms with van der Waals surface area (Å²) >= 11 is 1.37. The molecular weight excluding hydrogens is 266 g/mol. The van der Waals surface area contributed by atoms with Crippen LogP contribution in [0.1, 0.15) is 12.5 Å². The number of amides is 1. The Kier molecular flexibility index (Phi) is 3.59. The third-order valence-electron chi connectivity index (χ3n) is 3.01. The second-order valence-corrected chi connectivity index (χ2v) is 5.32. The maximum atomic E-state index is 11.2. The summed E-state index contributed by atoms with van der Waals surface area (Å²) in [4.78, 5) is 11.2. The Morgan fingerprint density at radius 2 is 2.16 bits per heavy atom. The minimum atomic E-state index is -0.433. The molecular formula is C12H15N3O3S. The number of hydrazine groups is 1. The van der Waals surface area contributed by atoms with E-state index in [0.29, 0.717) is 11.3 Å². The van der Waals surface area contributed by atoms with Crippen LogP contribution < -0.4 is 11.6 Å². The molecule has 1 aliphatic heterocycles. The summed E-state index contributed by atoms with van der Waals surface area (Å²) in [7, 11) is 0. The van der Waals surface area contributed by atoms with Gasteiger partial charge in [-0.05, 0) is 17.5 Å². The van der Waals surface area contributed by atoms with Crippen LogP contribution in [-0.4, -0.2) is 26.5 Å². The monoisotopic (exact) mass is 281 g/mol. The van der Waals surface area contributed by atoms with Crippen LogP contribution in [0.5, 0.6) is 11.5 Å². The molecule has 0 bridgehead atoms. The Morgan fingerprint density at radius 1 is 1.47 bits per heavy atom. The van der Waals surface area contributed by atoms with E-state index in [1.807, 2.05) is 0 Å². The van der Waals surface area contributed by atoms with Gasteiger partial charge in [-0.15, -0.1) is 11.8 Å². The lowest BCUT2D eigenvalue weighted by molar-refractivity contribution is -0.121. The number of thioether (sulfide) groups is 1. The van der Waals surface area contributed by atoms with E-state index in [4.69, 9.17) is 11.6 Å². The average Bonchev–Trinajstić information content (AvgIpc) is 2.70. The zero-order valence-electron chi connectivity index (χ0n) is 10.3. The lowest BCUT2D eigenvalue weighted by Crippen LogP contribution is -2.42. The van der Waals surface area contributed by atoms with E-state index in [1.165, 1.54) is 28.9 Å². The maximum absolute atomic E-state index is 11.2. The first-order chi connectivity index (χ1) is 8.91. The normalized spacial score (nSPS) is 20.2. The van der Waals surface area contributed by atoms with E-state index in [1.54, 1.807) is 18.4 Å². The number of primary amides is 1. The number of aromatic hydroxyl groups is 2. The molecule has 0 saturated heterocycles. The van der Waals surface area contributed by atoms with Crippen molar-refractivity contribution in [1.82, 2.24) is 5.01 Å². The number of carbonyl (C=O) groups is 1. The van der Waals surface area contributed by atoms with Crippen molar-refractivity contribution in [3.8, 4) is 11.5 Å². The molecule has 1 aliphatic rings. The van der Waals surface area contributed by atoms with Crippen molar-refractivity contribution in [2.24, 2.45) is 17.5 Å². The number of phenolic OH excluding ortho intramolecular Hbond substituents is 2. The Bertz CT molecular complexity index is 547. The topological polar surface area (TPSA) is 113 Å². The van der Waals surface area contributed by atoms with Crippen LogP contribution in [0.15, 0.2) is 23.6 Å². The highest BCUT2D eigenvalue weighted by molar-refractivity contribution is 8.03. The second kappa shape index (κ2) is 5.02. The molecule has 6 N–H and O–H groups in total. The summed E-state index contributed by atoms with van der Waals surface area (Å²) in [5.74, 6) is 5.00. The zero-order valence-corrected chi connectivity index (χ0v) is 11.1. The summed E-state index contributed by atoms with van der Waals surface area (Å²) in [6.07, 6.45) is 0. The van der Waals surface area contributed by atoms with Crippen LogP contribution in [0.4, 0.5) is 0 Å². The van der Waals surface area contributed by atoms with Gasteiger partial charge >= 0.3 is 0 Å². The largest absolute Gasteiger partial charge is 0.508 e. The molecule has 2 unspecified atom stereocenters. The van der Waals surface area contributed by atoms with Gasteiger partial charge in [-0.3, -0.25) is 9.80 Å². The fraction of sp³-hybridized carbons (Fsp3) is 0.250. The number of benzene rings is 1. The molecule has 0 radical (unpaired) electrons. The summed E-state index contributed by atoms with van der Waals surface area (Å²) in [6, 6.07) is 4.26. The predicted octanol–water partition coefficient (Wildman–Crippen LogP) is 0.766. The molecule has 6 nitrogen and oxygen atoms in total. The van der Waals surface area contributed by atoms with Crippen molar-refractivity contribution < 1.29 is 15.0 Å². The van der Waals surface area contributed by atoms with Gasteiger partial charge < -0.3 is 15.9 Å². The van der Waals surface area contributed by atoms with Gasteiger partial charge in [0.1, 0.15) is 16.9 Å². The Labute approximate surface area is 114 Å². The molecule has 1 aromatic carbocycles. The lowest BCUT2D eigenvalue weighted by atomic mass is 10.1. The number of hydrogen-bond donors (Lipinski definition) is 4. The summed E-state index contributed by atoms with van der Waals surface area (Å²) in [5, 5.41) is 22.0. The Morgan fingerprint density at radius 3 is 2.74 bits per heavy atom. The number of rotatable bonds is 3. The van der Waals surface area contributed by atoms with Crippen molar-refractivity contribution in [2.45, 2.75) is 12.3 Å². The summed E-state index contributed by atoms with van der Waals surface area (Å²) in [6.45, 7) is 1.70. The first-order valence-electron chi connectivity index (χ1n) is 5.63. The van der Waals surface area contributed by atoms with Crippen molar-refractivity contribution in [3.63, 3.8) is 0 Å². The molecule has 0 spiro atoms. The number of carbonyl (C=O) groups excluding carboxylic acids is 1. The number of nitrogens with zero attached hydrogens (tertiary/aromatic N) is 1. The van der Waals surface area contributed by atoms with Gasteiger partial charge in [-0.2, -0.15) is 0 Å². The molecule has 7 heteroatoms. The van der Waals surface area contributed by atoms with Gasteiger partial charge in [0.05, 0.1) is 11.6 Å². The SMILES string of the molecule is CC(C(N)=O)C1SC=C(c2ccc(O)cc2O)N1N. The van der Waals surface area contributed by atoms with E-state index in [0.717, 1.165) is 0 Å². The maximum Gasteiger partial charge on any atom is 0.223 e. The molecule has 2 rings (SSSR count). The molecule has 2 atom stereocenters. The highest BCUT2D eigenvalue weighted by atomic mass is 32.2. The van der Waals surface area contributed by atoms with Crippen molar-refractivity contribution >= 4 is 23.4 Å². The van der Waals surface area contributed by atoms with Crippen LogP contribution in [-0.2, 0) is 4.79 Å². The number of nitrogens with two attached hydrogens (primary N) is 2. The van der Waals surface area contributed by atoms with Gasteiger partial charge in [-0.25, -0.2) is 5.84 Å². The molecule has 0 aliphatic carbocycles. The van der Waals surface area contributed by atoms with E-state index in [9.17, 15) is 15.0 Å². The van der Waals surface area contributed by atoms with E-state index in [2.05, 4.69) is 0 Å². The van der Waals surface area contributed by atoms with Crippen molar-refractivity contribution in [2.75, 3.05) is 0 Å². The molecule has 1 heterocycles. The fourth-order valence-corrected chi connectivity index (χ4v) is 2.97. The van der Waals surface area contributed by atoms with Gasteiger partial charge in [0, 0.05) is 11.6 Å². The van der Waals surface area contributed by atoms with Crippen LogP contribution in [0.2, 0.25) is 0 Å². The van der Waals surface area contributed by atoms with Gasteiger partial charge in [0.2, 0.25) is 5.91 Å². The summed E-state index contributed by atoms with van der Waals surface area (Å²) in [5.41, 5.74) is 6.35. The summed E-state index contributed by atoms with van der Waals surface area (Å²) < 4.78 is 0. The van der Waals surface area contributed by atoms with Gasteiger partial charge in [0.25, 0.3) is 0 Å². The van der Waals surface area contributed by atoms with E-state index >= 15 is 0 Å². The molecule has 1 amide bonds. The van der Waals surface area contributed by atoms with Crippen LogP contribution in [0, 0.1) is 5.92 Å². The van der Waals surface area contributed by atoms with Crippen molar-refractivity contribution in [3.05, 3.63) is 29.2 Å². The molecule has 0 aromatic heterocycles. The lowest BCUT2D eigenvalue weighted by Gasteiger charge is -2.27. The third kappa shape index (κ3) is 2.47. The Hall–Kier alpha value is -1.86. The minimum absolute atomic E-state index is 0.0295. The molecule has 19 heavy (non-hydrogen) atoms. The smallest absolute Gasteiger partial charge is 0.223 e. The van der Waals surface area contributed by atoms with E-state index < -0.39 is 11.8 Å². The number of hydrogen-bond acceptors (Lipinski definition) is 6. The molecule has 102 valence electrons. The quantitative estimate of drug-likeness (QED) is 0.609. The fourth-order valence-electron chi connectivity index (χ4n) is 1.84. The molecule has 0 fully saturated rings.